The van der Waals surface area contributed by atoms with Crippen LogP contribution in [0.5, 0.6) is 0 Å². The first kappa shape index (κ1) is 12.6. The van der Waals surface area contributed by atoms with Crippen LogP contribution >= 0.6 is 0 Å². The first-order chi connectivity index (χ1) is 8.24. The van der Waals surface area contributed by atoms with E-state index in [2.05, 4.69) is 43.4 Å². The van der Waals surface area contributed by atoms with Crippen LogP contribution in [0.3, 0.4) is 0 Å². The van der Waals surface area contributed by atoms with Crippen LogP contribution in [0.25, 0.3) is 0 Å². The SMILES string of the molecule is CC(C)Cc1ccc(CC2CCCNC2)cc1. The molecular formula is C16H25N. The van der Waals surface area contributed by atoms with E-state index in [1.54, 1.807) is 0 Å². The highest BCUT2D eigenvalue weighted by Gasteiger charge is 2.13. The Morgan fingerprint density at radius 3 is 2.47 bits per heavy atom. The molecule has 94 valence electrons. The number of piperidine rings is 1. The number of benzene rings is 1. The van der Waals surface area contributed by atoms with E-state index >= 15 is 0 Å². The minimum absolute atomic E-state index is 0.753. The molecule has 1 heterocycles. The molecule has 0 aliphatic carbocycles. The summed E-state index contributed by atoms with van der Waals surface area (Å²) >= 11 is 0. The van der Waals surface area contributed by atoms with Gasteiger partial charge in [-0.05, 0) is 61.7 Å². The Bertz CT molecular complexity index is 320. The fourth-order valence-electron chi connectivity index (χ4n) is 2.71. The molecule has 0 radical (unpaired) electrons. The van der Waals surface area contributed by atoms with Crippen LogP contribution in [0.4, 0.5) is 0 Å². The van der Waals surface area contributed by atoms with Crippen LogP contribution in [0.2, 0.25) is 0 Å². The Labute approximate surface area is 106 Å². The molecule has 0 spiro atoms. The zero-order chi connectivity index (χ0) is 12.1. The van der Waals surface area contributed by atoms with Crippen molar-refractivity contribution in [3.63, 3.8) is 0 Å². The van der Waals surface area contributed by atoms with Crippen LogP contribution in [0, 0.1) is 11.8 Å². The molecule has 0 amide bonds. The molecule has 1 nitrogen and oxygen atoms in total. The largest absolute Gasteiger partial charge is 0.316 e. The molecule has 1 atom stereocenters. The van der Waals surface area contributed by atoms with Gasteiger partial charge in [-0.15, -0.1) is 0 Å². The lowest BCUT2D eigenvalue weighted by Crippen LogP contribution is -2.30. The summed E-state index contributed by atoms with van der Waals surface area (Å²) < 4.78 is 0. The van der Waals surface area contributed by atoms with Gasteiger partial charge in [-0.3, -0.25) is 0 Å². The molecule has 0 bridgehead atoms. The predicted octanol–water partition coefficient (Wildman–Crippen LogP) is 3.43. The monoisotopic (exact) mass is 231 g/mol. The summed E-state index contributed by atoms with van der Waals surface area (Å²) in [5.74, 6) is 1.60. The van der Waals surface area contributed by atoms with Crippen LogP contribution in [0.1, 0.15) is 37.8 Å². The van der Waals surface area contributed by atoms with Crippen molar-refractivity contribution >= 4 is 0 Å². The summed E-state index contributed by atoms with van der Waals surface area (Å²) in [4.78, 5) is 0. The molecule has 1 aliphatic rings. The fraction of sp³-hybridized carbons (Fsp3) is 0.625. The van der Waals surface area contributed by atoms with Gasteiger partial charge in [-0.1, -0.05) is 38.1 Å². The van der Waals surface area contributed by atoms with Crippen LogP contribution < -0.4 is 5.32 Å². The molecule has 1 heteroatoms. The average Bonchev–Trinajstić information content (AvgIpc) is 2.32. The summed E-state index contributed by atoms with van der Waals surface area (Å²) in [6.07, 6.45) is 5.18. The first-order valence-corrected chi connectivity index (χ1v) is 7.02. The summed E-state index contributed by atoms with van der Waals surface area (Å²) in [7, 11) is 0. The molecule has 1 unspecified atom stereocenters. The van der Waals surface area contributed by atoms with Gasteiger partial charge in [0.25, 0.3) is 0 Å². The maximum absolute atomic E-state index is 3.49. The lowest BCUT2D eigenvalue weighted by atomic mass is 9.91. The second-order valence-corrected chi connectivity index (χ2v) is 5.83. The van der Waals surface area contributed by atoms with E-state index < -0.39 is 0 Å². The van der Waals surface area contributed by atoms with E-state index in [9.17, 15) is 0 Å². The minimum Gasteiger partial charge on any atom is -0.316 e. The summed E-state index contributed by atoms with van der Waals surface area (Å²) in [5, 5.41) is 3.49. The second kappa shape index (κ2) is 6.20. The summed E-state index contributed by atoms with van der Waals surface area (Å²) in [5.41, 5.74) is 2.98. The number of hydrogen-bond acceptors (Lipinski definition) is 1. The molecule has 1 aromatic carbocycles. The van der Waals surface area contributed by atoms with Crippen molar-refractivity contribution < 1.29 is 0 Å². The highest BCUT2D eigenvalue weighted by molar-refractivity contribution is 5.23. The van der Waals surface area contributed by atoms with E-state index in [4.69, 9.17) is 0 Å². The Morgan fingerprint density at radius 1 is 1.18 bits per heavy atom. The van der Waals surface area contributed by atoms with Crippen LogP contribution in [-0.4, -0.2) is 13.1 Å². The number of rotatable bonds is 4. The van der Waals surface area contributed by atoms with Gasteiger partial charge in [0.2, 0.25) is 0 Å². The summed E-state index contributed by atoms with van der Waals surface area (Å²) in [6, 6.07) is 9.27. The minimum atomic E-state index is 0.753. The van der Waals surface area contributed by atoms with Crippen molar-refractivity contribution in [2.75, 3.05) is 13.1 Å². The van der Waals surface area contributed by atoms with Gasteiger partial charge in [0.05, 0.1) is 0 Å². The smallest absolute Gasteiger partial charge is 0.00173 e. The summed E-state index contributed by atoms with van der Waals surface area (Å²) in [6.45, 7) is 6.97. The van der Waals surface area contributed by atoms with Gasteiger partial charge < -0.3 is 5.32 Å². The Kier molecular flexibility index (Phi) is 4.61. The van der Waals surface area contributed by atoms with E-state index in [-0.39, 0.29) is 0 Å². The highest BCUT2D eigenvalue weighted by Crippen LogP contribution is 2.17. The van der Waals surface area contributed by atoms with E-state index in [1.807, 2.05) is 0 Å². The number of hydrogen-bond donors (Lipinski definition) is 1. The van der Waals surface area contributed by atoms with E-state index in [0.717, 1.165) is 11.8 Å². The molecule has 0 saturated carbocycles. The van der Waals surface area contributed by atoms with Gasteiger partial charge in [-0.25, -0.2) is 0 Å². The molecular weight excluding hydrogens is 206 g/mol. The van der Waals surface area contributed by atoms with Crippen LogP contribution in [-0.2, 0) is 12.8 Å². The third-order valence-corrected chi connectivity index (χ3v) is 3.59. The van der Waals surface area contributed by atoms with Gasteiger partial charge in [0, 0.05) is 0 Å². The normalized spacial score (nSPS) is 20.8. The molecule has 2 rings (SSSR count). The molecule has 0 aromatic heterocycles. The lowest BCUT2D eigenvalue weighted by molar-refractivity contribution is 0.376. The topological polar surface area (TPSA) is 12.0 Å². The van der Waals surface area contributed by atoms with Gasteiger partial charge >= 0.3 is 0 Å². The molecule has 1 aromatic rings. The average molecular weight is 231 g/mol. The number of nitrogens with one attached hydrogen (secondary N) is 1. The molecule has 1 aliphatic heterocycles. The molecule has 1 N–H and O–H groups in total. The van der Waals surface area contributed by atoms with Gasteiger partial charge in [0.1, 0.15) is 0 Å². The van der Waals surface area contributed by atoms with E-state index in [1.165, 1.54) is 49.9 Å². The predicted molar refractivity (Wildman–Crippen MR) is 74.3 cm³/mol. The van der Waals surface area contributed by atoms with Crippen molar-refractivity contribution in [2.45, 2.75) is 39.5 Å². The van der Waals surface area contributed by atoms with Crippen molar-refractivity contribution in [3.05, 3.63) is 35.4 Å². The van der Waals surface area contributed by atoms with Crippen LogP contribution in [0.15, 0.2) is 24.3 Å². The maximum Gasteiger partial charge on any atom is -0.00173 e. The Morgan fingerprint density at radius 2 is 1.88 bits per heavy atom. The van der Waals surface area contributed by atoms with Gasteiger partial charge in [-0.2, -0.15) is 0 Å². The Hall–Kier alpha value is -0.820. The highest BCUT2D eigenvalue weighted by atomic mass is 14.9. The first-order valence-electron chi connectivity index (χ1n) is 7.02. The van der Waals surface area contributed by atoms with Crippen molar-refractivity contribution in [1.29, 1.82) is 0 Å². The maximum atomic E-state index is 3.49. The van der Waals surface area contributed by atoms with Crippen molar-refractivity contribution in [2.24, 2.45) is 11.8 Å². The third kappa shape index (κ3) is 4.16. The molecule has 17 heavy (non-hydrogen) atoms. The zero-order valence-electron chi connectivity index (χ0n) is 11.2. The third-order valence-electron chi connectivity index (χ3n) is 3.59. The Balaban J connectivity index is 1.88. The van der Waals surface area contributed by atoms with Gasteiger partial charge in [0.15, 0.2) is 0 Å². The zero-order valence-corrected chi connectivity index (χ0v) is 11.2. The lowest BCUT2D eigenvalue weighted by Gasteiger charge is -2.22. The fourth-order valence-corrected chi connectivity index (χ4v) is 2.71. The quantitative estimate of drug-likeness (QED) is 0.837. The van der Waals surface area contributed by atoms with E-state index in [0.29, 0.717) is 0 Å². The standard InChI is InChI=1S/C16H25N/c1-13(2)10-14-5-7-15(8-6-14)11-16-4-3-9-17-12-16/h5-8,13,16-17H,3-4,9-12H2,1-2H3. The molecule has 1 saturated heterocycles. The van der Waals surface area contributed by atoms with Crippen molar-refractivity contribution in [1.82, 2.24) is 5.32 Å². The van der Waals surface area contributed by atoms with Crippen molar-refractivity contribution in [3.8, 4) is 0 Å². The second-order valence-electron chi connectivity index (χ2n) is 5.83. The molecule has 1 fully saturated rings.